The van der Waals surface area contributed by atoms with Gasteiger partial charge in [-0.3, -0.25) is 0 Å². The second-order valence-electron chi connectivity index (χ2n) is 5.26. The minimum Gasteiger partial charge on any atom is -0.373 e. The van der Waals surface area contributed by atoms with Gasteiger partial charge in [-0.05, 0) is 18.6 Å². The normalized spacial score (nSPS) is 20.0. The largest absolute Gasteiger partial charge is 0.373 e. The molecule has 2 N–H and O–H groups in total. The van der Waals surface area contributed by atoms with Crippen LogP contribution in [-0.4, -0.2) is 52.1 Å². The zero-order valence-electron chi connectivity index (χ0n) is 12.1. The zero-order valence-corrected chi connectivity index (χ0v) is 12.9. The molecule has 1 fully saturated rings. The highest BCUT2D eigenvalue weighted by Gasteiger charge is 2.28. The quantitative estimate of drug-likeness (QED) is 0.835. The molecule has 1 aromatic rings. The van der Waals surface area contributed by atoms with Crippen LogP contribution in [0.5, 0.6) is 0 Å². The third-order valence-electron chi connectivity index (χ3n) is 3.50. The van der Waals surface area contributed by atoms with Crippen molar-refractivity contribution in [3.63, 3.8) is 0 Å². The van der Waals surface area contributed by atoms with E-state index in [2.05, 4.69) is 10.6 Å². The number of para-hydroxylation sites is 1. The molecule has 2 rings (SSSR count). The van der Waals surface area contributed by atoms with Gasteiger partial charge in [-0.15, -0.1) is 0 Å². The fraction of sp³-hybridized carbons (Fsp3) is 0.500. The van der Waals surface area contributed by atoms with E-state index < -0.39 is 9.84 Å². The summed E-state index contributed by atoms with van der Waals surface area (Å²) in [5.74, 6) is 0.207. The molecule has 116 valence electrons. The Balaban J connectivity index is 1.68. The third-order valence-corrected chi connectivity index (χ3v) is 5.27. The molecule has 0 aliphatic carbocycles. The van der Waals surface area contributed by atoms with E-state index >= 15 is 0 Å². The highest BCUT2D eigenvalue weighted by molar-refractivity contribution is 7.91. The molecule has 6 nitrogen and oxygen atoms in total. The number of sulfone groups is 1. The Bertz CT molecular complexity index is 574. The van der Waals surface area contributed by atoms with Crippen LogP contribution in [0.15, 0.2) is 30.3 Å². The first-order chi connectivity index (χ1) is 9.96. The Morgan fingerprint density at radius 2 is 2.05 bits per heavy atom. The number of hydrogen-bond acceptors (Lipinski definition) is 4. The average Bonchev–Trinajstić information content (AvgIpc) is 2.78. The standard InChI is InChI=1S/C14H21N3O3S/c1-17(13-5-3-2-4-6-13)9-8-15-14(18)16-12-7-10-21(19,20)11-12/h2-6,12H,7-11H2,1H3,(H2,15,16,18). The highest BCUT2D eigenvalue weighted by atomic mass is 32.2. The van der Waals surface area contributed by atoms with E-state index in [0.29, 0.717) is 19.5 Å². The van der Waals surface area contributed by atoms with Crippen LogP contribution in [-0.2, 0) is 9.84 Å². The van der Waals surface area contributed by atoms with Crippen LogP contribution in [0.4, 0.5) is 10.5 Å². The maximum atomic E-state index is 11.7. The number of benzene rings is 1. The molecule has 0 saturated carbocycles. The fourth-order valence-electron chi connectivity index (χ4n) is 2.29. The Morgan fingerprint density at radius 3 is 2.67 bits per heavy atom. The molecule has 0 aromatic heterocycles. The number of nitrogens with one attached hydrogen (secondary N) is 2. The lowest BCUT2D eigenvalue weighted by Crippen LogP contribution is -2.44. The number of urea groups is 1. The van der Waals surface area contributed by atoms with Crippen molar-refractivity contribution < 1.29 is 13.2 Å². The van der Waals surface area contributed by atoms with Crippen LogP contribution < -0.4 is 15.5 Å². The van der Waals surface area contributed by atoms with E-state index in [1.54, 1.807) is 0 Å². The summed E-state index contributed by atoms with van der Waals surface area (Å²) in [7, 11) is -1.00. The number of hydrogen-bond donors (Lipinski definition) is 2. The fourth-order valence-corrected chi connectivity index (χ4v) is 3.97. The first kappa shape index (κ1) is 15.6. The Labute approximate surface area is 125 Å². The van der Waals surface area contributed by atoms with Gasteiger partial charge in [-0.25, -0.2) is 13.2 Å². The topological polar surface area (TPSA) is 78.5 Å². The van der Waals surface area contributed by atoms with Crippen LogP contribution in [0, 0.1) is 0 Å². The van der Waals surface area contributed by atoms with Gasteiger partial charge < -0.3 is 15.5 Å². The number of rotatable bonds is 5. The molecule has 1 atom stereocenters. The molecule has 1 heterocycles. The molecule has 1 aliphatic rings. The van der Waals surface area contributed by atoms with Gasteiger partial charge in [-0.1, -0.05) is 18.2 Å². The summed E-state index contributed by atoms with van der Waals surface area (Å²) in [5.41, 5.74) is 1.08. The average molecular weight is 311 g/mol. The van der Waals surface area contributed by atoms with E-state index in [-0.39, 0.29) is 23.6 Å². The third kappa shape index (κ3) is 4.93. The van der Waals surface area contributed by atoms with Crippen LogP contribution in [0.2, 0.25) is 0 Å². The monoisotopic (exact) mass is 311 g/mol. The molecule has 7 heteroatoms. The predicted molar refractivity (Wildman–Crippen MR) is 83.3 cm³/mol. The second-order valence-corrected chi connectivity index (χ2v) is 7.49. The Hall–Kier alpha value is -1.76. The number of nitrogens with zero attached hydrogens (tertiary/aromatic N) is 1. The summed E-state index contributed by atoms with van der Waals surface area (Å²) in [4.78, 5) is 13.7. The number of carbonyl (C=O) groups excluding carboxylic acids is 1. The minimum absolute atomic E-state index is 0.0460. The lowest BCUT2D eigenvalue weighted by atomic mass is 10.3. The summed E-state index contributed by atoms with van der Waals surface area (Å²) < 4.78 is 22.6. The molecule has 0 spiro atoms. The number of anilines is 1. The van der Waals surface area contributed by atoms with Crippen molar-refractivity contribution in [2.75, 3.05) is 36.5 Å². The van der Waals surface area contributed by atoms with Gasteiger partial charge in [0.25, 0.3) is 0 Å². The number of likely N-dealkylation sites (N-methyl/N-ethyl adjacent to an activating group) is 1. The summed E-state index contributed by atoms with van der Waals surface area (Å²) in [6, 6.07) is 9.32. The minimum atomic E-state index is -2.96. The Morgan fingerprint density at radius 1 is 1.33 bits per heavy atom. The van der Waals surface area contributed by atoms with Crippen molar-refractivity contribution >= 4 is 21.6 Å². The van der Waals surface area contributed by atoms with Gasteiger partial charge in [0.1, 0.15) is 0 Å². The summed E-state index contributed by atoms with van der Waals surface area (Å²) >= 11 is 0. The molecule has 0 radical (unpaired) electrons. The van der Waals surface area contributed by atoms with Crippen LogP contribution in [0.25, 0.3) is 0 Å². The maximum absolute atomic E-state index is 11.7. The van der Waals surface area contributed by atoms with Crippen molar-refractivity contribution in [3.05, 3.63) is 30.3 Å². The van der Waals surface area contributed by atoms with Crippen molar-refractivity contribution in [1.82, 2.24) is 10.6 Å². The van der Waals surface area contributed by atoms with Crippen molar-refractivity contribution in [1.29, 1.82) is 0 Å². The lowest BCUT2D eigenvalue weighted by Gasteiger charge is -2.20. The molecule has 1 unspecified atom stereocenters. The SMILES string of the molecule is CN(CCNC(=O)NC1CCS(=O)(=O)C1)c1ccccc1. The van der Waals surface area contributed by atoms with Crippen LogP contribution in [0.3, 0.4) is 0 Å². The molecular weight excluding hydrogens is 290 g/mol. The van der Waals surface area contributed by atoms with E-state index in [1.165, 1.54) is 0 Å². The van der Waals surface area contributed by atoms with Crippen LogP contribution >= 0.6 is 0 Å². The zero-order chi connectivity index (χ0) is 15.3. The molecule has 1 aliphatic heterocycles. The molecule has 2 amide bonds. The van der Waals surface area contributed by atoms with E-state index in [4.69, 9.17) is 0 Å². The van der Waals surface area contributed by atoms with E-state index in [9.17, 15) is 13.2 Å². The van der Waals surface area contributed by atoms with E-state index in [0.717, 1.165) is 5.69 Å². The van der Waals surface area contributed by atoms with Gasteiger partial charge in [0, 0.05) is 31.9 Å². The second kappa shape index (κ2) is 6.80. The molecule has 1 saturated heterocycles. The van der Waals surface area contributed by atoms with Crippen molar-refractivity contribution in [2.45, 2.75) is 12.5 Å². The molecule has 21 heavy (non-hydrogen) atoms. The van der Waals surface area contributed by atoms with Crippen molar-refractivity contribution in [3.8, 4) is 0 Å². The smallest absolute Gasteiger partial charge is 0.315 e. The van der Waals surface area contributed by atoms with E-state index in [1.807, 2.05) is 42.3 Å². The molecular formula is C14H21N3O3S. The predicted octanol–water partition coefficient (Wildman–Crippen LogP) is 0.609. The van der Waals surface area contributed by atoms with Gasteiger partial charge in [0.2, 0.25) is 0 Å². The van der Waals surface area contributed by atoms with Gasteiger partial charge in [-0.2, -0.15) is 0 Å². The van der Waals surface area contributed by atoms with Gasteiger partial charge in [0.05, 0.1) is 11.5 Å². The van der Waals surface area contributed by atoms with Crippen LogP contribution in [0.1, 0.15) is 6.42 Å². The van der Waals surface area contributed by atoms with Crippen molar-refractivity contribution in [2.24, 2.45) is 0 Å². The Kier molecular flexibility index (Phi) is 5.06. The first-order valence-electron chi connectivity index (χ1n) is 6.97. The first-order valence-corrected chi connectivity index (χ1v) is 8.79. The summed E-state index contributed by atoms with van der Waals surface area (Å²) in [6.07, 6.45) is 0.500. The summed E-state index contributed by atoms with van der Waals surface area (Å²) in [5, 5.41) is 5.45. The molecule has 1 aromatic carbocycles. The lowest BCUT2D eigenvalue weighted by molar-refractivity contribution is 0.238. The summed E-state index contributed by atoms with van der Waals surface area (Å²) in [6.45, 7) is 1.18. The highest BCUT2D eigenvalue weighted by Crippen LogP contribution is 2.11. The molecule has 0 bridgehead atoms. The number of amides is 2. The maximum Gasteiger partial charge on any atom is 0.315 e. The van der Waals surface area contributed by atoms with Gasteiger partial charge >= 0.3 is 6.03 Å². The van der Waals surface area contributed by atoms with Gasteiger partial charge in [0.15, 0.2) is 9.84 Å². The number of carbonyl (C=O) groups is 1.